The van der Waals surface area contributed by atoms with Gasteiger partial charge in [0.25, 0.3) is 0 Å². The van der Waals surface area contributed by atoms with Crippen LogP contribution in [-0.4, -0.2) is 4.57 Å². The van der Waals surface area contributed by atoms with Gasteiger partial charge in [-0.05, 0) is 62.0 Å². The summed E-state index contributed by atoms with van der Waals surface area (Å²) in [4.78, 5) is 0. The van der Waals surface area contributed by atoms with Crippen molar-refractivity contribution in [3.63, 3.8) is 0 Å². The van der Waals surface area contributed by atoms with Gasteiger partial charge in [0.1, 0.15) is 0 Å². The lowest BCUT2D eigenvalue weighted by molar-refractivity contribution is 0.270. The van der Waals surface area contributed by atoms with Crippen molar-refractivity contribution >= 4 is 0 Å². The fourth-order valence-corrected chi connectivity index (χ4v) is 4.04. The van der Waals surface area contributed by atoms with Crippen molar-refractivity contribution in [1.82, 2.24) is 4.57 Å². The molecule has 3 rings (SSSR count). The van der Waals surface area contributed by atoms with E-state index >= 15 is 0 Å². The molecule has 0 aromatic carbocycles. The molecule has 1 aromatic rings. The molecule has 110 valence electrons. The lowest BCUT2D eigenvalue weighted by Crippen LogP contribution is -2.31. The topological polar surface area (TPSA) is 30.9 Å². The lowest BCUT2D eigenvalue weighted by atomic mass is 9.74. The van der Waals surface area contributed by atoms with Crippen LogP contribution in [0.3, 0.4) is 0 Å². The molecule has 2 heteroatoms. The zero-order valence-corrected chi connectivity index (χ0v) is 13.2. The minimum atomic E-state index is 0.222. The SMILES string of the molecule is Cc1cc2c(n1CC1CC=CCC1)CC(C)(C)CC2N. The number of nitrogens with zero attached hydrogens (tertiary/aromatic N) is 1. The van der Waals surface area contributed by atoms with Gasteiger partial charge in [-0.15, -0.1) is 0 Å². The van der Waals surface area contributed by atoms with E-state index in [0.717, 1.165) is 12.3 Å². The first-order valence-corrected chi connectivity index (χ1v) is 8.06. The Bertz CT molecular complexity index is 522. The maximum atomic E-state index is 6.41. The average Bonchev–Trinajstić information content (AvgIpc) is 2.67. The molecule has 20 heavy (non-hydrogen) atoms. The first-order valence-electron chi connectivity index (χ1n) is 8.06. The van der Waals surface area contributed by atoms with Crippen molar-refractivity contribution in [2.45, 2.75) is 65.5 Å². The summed E-state index contributed by atoms with van der Waals surface area (Å²) in [5.41, 5.74) is 11.1. The number of hydrogen-bond donors (Lipinski definition) is 1. The van der Waals surface area contributed by atoms with Crippen molar-refractivity contribution in [1.29, 1.82) is 0 Å². The molecular formula is C18H28N2. The quantitative estimate of drug-likeness (QED) is 0.806. The number of fused-ring (bicyclic) bond motifs is 1. The zero-order valence-electron chi connectivity index (χ0n) is 13.2. The number of nitrogens with two attached hydrogens (primary N) is 1. The van der Waals surface area contributed by atoms with Crippen LogP contribution in [0.1, 0.15) is 62.5 Å². The van der Waals surface area contributed by atoms with Crippen molar-refractivity contribution in [2.75, 3.05) is 0 Å². The second kappa shape index (κ2) is 5.07. The van der Waals surface area contributed by atoms with E-state index < -0.39 is 0 Å². The van der Waals surface area contributed by atoms with E-state index in [0.29, 0.717) is 5.41 Å². The molecule has 0 aliphatic heterocycles. The zero-order chi connectivity index (χ0) is 14.3. The predicted molar refractivity (Wildman–Crippen MR) is 84.7 cm³/mol. The van der Waals surface area contributed by atoms with E-state index in [9.17, 15) is 0 Å². The van der Waals surface area contributed by atoms with Crippen LogP contribution in [0.2, 0.25) is 0 Å². The molecular weight excluding hydrogens is 244 g/mol. The van der Waals surface area contributed by atoms with Crippen LogP contribution in [-0.2, 0) is 13.0 Å². The molecule has 1 heterocycles. The fourth-order valence-electron chi connectivity index (χ4n) is 4.04. The molecule has 0 amide bonds. The van der Waals surface area contributed by atoms with Gasteiger partial charge < -0.3 is 10.3 Å². The summed E-state index contributed by atoms with van der Waals surface area (Å²) in [6, 6.07) is 2.56. The molecule has 2 aliphatic rings. The molecule has 0 bridgehead atoms. The molecule has 0 radical (unpaired) electrons. The van der Waals surface area contributed by atoms with E-state index in [1.54, 1.807) is 0 Å². The summed E-state index contributed by atoms with van der Waals surface area (Å²) in [5, 5.41) is 0. The Hall–Kier alpha value is -1.02. The third-order valence-corrected chi connectivity index (χ3v) is 5.09. The first kappa shape index (κ1) is 13.9. The van der Waals surface area contributed by atoms with E-state index in [1.807, 2.05) is 0 Å². The van der Waals surface area contributed by atoms with Gasteiger partial charge in [-0.3, -0.25) is 0 Å². The van der Waals surface area contributed by atoms with Crippen LogP contribution in [0.25, 0.3) is 0 Å². The lowest BCUT2D eigenvalue weighted by Gasteiger charge is -2.35. The van der Waals surface area contributed by atoms with Gasteiger partial charge in [0, 0.05) is 24.0 Å². The minimum Gasteiger partial charge on any atom is -0.348 e. The molecule has 2 atom stereocenters. The van der Waals surface area contributed by atoms with E-state index in [1.165, 1.54) is 49.2 Å². The van der Waals surface area contributed by atoms with Crippen LogP contribution in [0.5, 0.6) is 0 Å². The summed E-state index contributed by atoms with van der Waals surface area (Å²) in [7, 11) is 0. The van der Waals surface area contributed by atoms with Crippen LogP contribution in [0.4, 0.5) is 0 Å². The second-order valence-corrected chi connectivity index (χ2v) is 7.60. The number of aryl methyl sites for hydroxylation is 1. The van der Waals surface area contributed by atoms with Gasteiger partial charge in [0.15, 0.2) is 0 Å². The Morgan fingerprint density at radius 2 is 2.15 bits per heavy atom. The Morgan fingerprint density at radius 1 is 1.35 bits per heavy atom. The number of allylic oxidation sites excluding steroid dienone is 2. The summed E-state index contributed by atoms with van der Waals surface area (Å²) in [6.07, 6.45) is 10.8. The molecule has 2 unspecified atom stereocenters. The predicted octanol–water partition coefficient (Wildman–Crippen LogP) is 4.13. The maximum absolute atomic E-state index is 6.41. The van der Waals surface area contributed by atoms with Gasteiger partial charge in [0.05, 0.1) is 0 Å². The third-order valence-electron chi connectivity index (χ3n) is 5.09. The molecule has 2 nitrogen and oxygen atoms in total. The highest BCUT2D eigenvalue weighted by Crippen LogP contribution is 2.41. The van der Waals surface area contributed by atoms with Crippen LogP contribution >= 0.6 is 0 Å². The molecule has 2 aliphatic carbocycles. The Labute approximate surface area is 123 Å². The number of hydrogen-bond acceptors (Lipinski definition) is 1. The third kappa shape index (κ3) is 2.58. The molecule has 2 N–H and O–H groups in total. The van der Waals surface area contributed by atoms with Crippen molar-refractivity contribution < 1.29 is 0 Å². The Morgan fingerprint density at radius 3 is 2.85 bits per heavy atom. The normalized spacial score (nSPS) is 28.4. The number of rotatable bonds is 2. The van der Waals surface area contributed by atoms with Crippen molar-refractivity contribution in [3.8, 4) is 0 Å². The van der Waals surface area contributed by atoms with E-state index in [2.05, 4.69) is 43.6 Å². The van der Waals surface area contributed by atoms with Gasteiger partial charge >= 0.3 is 0 Å². The van der Waals surface area contributed by atoms with Crippen molar-refractivity contribution in [2.24, 2.45) is 17.1 Å². The van der Waals surface area contributed by atoms with Gasteiger partial charge in [-0.2, -0.15) is 0 Å². The minimum absolute atomic E-state index is 0.222. The van der Waals surface area contributed by atoms with Gasteiger partial charge in [0.2, 0.25) is 0 Å². The maximum Gasteiger partial charge on any atom is 0.0318 e. The second-order valence-electron chi connectivity index (χ2n) is 7.60. The molecule has 0 fully saturated rings. The first-order chi connectivity index (χ1) is 9.46. The average molecular weight is 272 g/mol. The summed E-state index contributed by atoms with van der Waals surface area (Å²) in [6.45, 7) is 8.13. The van der Waals surface area contributed by atoms with Crippen LogP contribution in [0.15, 0.2) is 18.2 Å². The molecule has 1 aromatic heterocycles. The highest BCUT2D eigenvalue weighted by atomic mass is 15.0. The molecule has 0 saturated carbocycles. The Balaban J connectivity index is 1.90. The summed E-state index contributed by atoms with van der Waals surface area (Å²) in [5.74, 6) is 0.802. The largest absolute Gasteiger partial charge is 0.348 e. The Kier molecular flexibility index (Phi) is 3.53. The van der Waals surface area contributed by atoms with E-state index in [4.69, 9.17) is 5.73 Å². The highest BCUT2D eigenvalue weighted by Gasteiger charge is 2.33. The molecule has 0 saturated heterocycles. The monoisotopic (exact) mass is 272 g/mol. The van der Waals surface area contributed by atoms with Crippen molar-refractivity contribution in [3.05, 3.63) is 35.2 Å². The molecule has 0 spiro atoms. The smallest absolute Gasteiger partial charge is 0.0318 e. The fraction of sp³-hybridized carbons (Fsp3) is 0.667. The summed E-state index contributed by atoms with van der Waals surface area (Å²) >= 11 is 0. The van der Waals surface area contributed by atoms with E-state index in [-0.39, 0.29) is 6.04 Å². The standard InChI is InChI=1S/C18H28N2/c1-13-9-15-16(19)10-18(2,3)11-17(15)20(13)12-14-7-5-4-6-8-14/h4-5,9,14,16H,6-8,10-12,19H2,1-3H3. The summed E-state index contributed by atoms with van der Waals surface area (Å²) < 4.78 is 2.57. The van der Waals surface area contributed by atoms with Crippen LogP contribution < -0.4 is 5.73 Å². The van der Waals surface area contributed by atoms with Crippen LogP contribution in [0, 0.1) is 18.3 Å². The highest BCUT2D eigenvalue weighted by molar-refractivity contribution is 5.34. The van der Waals surface area contributed by atoms with Gasteiger partial charge in [-0.25, -0.2) is 0 Å². The van der Waals surface area contributed by atoms with Gasteiger partial charge in [-0.1, -0.05) is 26.0 Å². The number of aromatic nitrogens is 1.